The first-order chi connectivity index (χ1) is 3.77. The van der Waals surface area contributed by atoms with Crippen LogP contribution >= 0.6 is 0 Å². The van der Waals surface area contributed by atoms with Crippen molar-refractivity contribution in [3.63, 3.8) is 0 Å². The minimum Gasteiger partial charge on any atom is -0.371 e. The summed E-state index contributed by atoms with van der Waals surface area (Å²) in [6.07, 6.45) is 0. The summed E-state index contributed by atoms with van der Waals surface area (Å²) in [5, 5.41) is 0. The van der Waals surface area contributed by atoms with Gasteiger partial charge in [0.2, 0.25) is 0 Å². The third-order valence-corrected chi connectivity index (χ3v) is 0.462. The van der Waals surface area contributed by atoms with Crippen molar-refractivity contribution in [2.45, 2.75) is 6.92 Å². The molecule has 0 saturated carbocycles. The minimum atomic E-state index is -0.349. The molecule has 0 heterocycles. The van der Waals surface area contributed by atoms with Gasteiger partial charge >= 0.3 is 5.97 Å². The Bertz CT molecular complexity index is 79.0. The van der Waals surface area contributed by atoms with Gasteiger partial charge in [-0.2, -0.15) is 5.48 Å². The molecule has 4 nitrogen and oxygen atoms in total. The monoisotopic (exact) mass is 225 g/mol. The van der Waals surface area contributed by atoms with E-state index in [1.807, 2.05) is 0 Å². The number of nitrogens with one attached hydrogen (secondary N) is 1. The molecule has 0 unspecified atom stereocenters. The number of nitrogens with two attached hydrogens (primary N) is 1. The van der Waals surface area contributed by atoms with Gasteiger partial charge in [-0.1, -0.05) is 0 Å². The Morgan fingerprint density at radius 1 is 1.78 bits per heavy atom. The van der Waals surface area contributed by atoms with Gasteiger partial charge in [-0.25, -0.2) is 0 Å². The molecule has 0 amide bonds. The van der Waals surface area contributed by atoms with Crippen LogP contribution in [0.25, 0.3) is 0 Å². The summed E-state index contributed by atoms with van der Waals surface area (Å²) < 4.78 is 0. The van der Waals surface area contributed by atoms with Crippen molar-refractivity contribution in [3.8, 4) is 0 Å². The van der Waals surface area contributed by atoms with Crippen molar-refractivity contribution in [1.82, 2.24) is 5.48 Å². The maximum atomic E-state index is 9.99. The SMILES string of the molecule is CC(=O)ONCCN.[Ag]. The molecule has 0 aliphatic rings. The van der Waals surface area contributed by atoms with E-state index in [1.165, 1.54) is 6.92 Å². The van der Waals surface area contributed by atoms with E-state index in [0.29, 0.717) is 13.1 Å². The quantitative estimate of drug-likeness (QED) is 0.368. The van der Waals surface area contributed by atoms with Gasteiger partial charge in [0.1, 0.15) is 0 Å². The zero-order chi connectivity index (χ0) is 6.41. The predicted octanol–water partition coefficient (Wildman–Crippen LogP) is -0.990. The van der Waals surface area contributed by atoms with Gasteiger partial charge < -0.3 is 10.6 Å². The summed E-state index contributed by atoms with van der Waals surface area (Å²) in [6, 6.07) is 0. The van der Waals surface area contributed by atoms with Crippen molar-refractivity contribution >= 4 is 5.97 Å². The largest absolute Gasteiger partial charge is 0.371 e. The zero-order valence-electron chi connectivity index (χ0n) is 5.11. The molecular weight excluding hydrogens is 216 g/mol. The van der Waals surface area contributed by atoms with Crippen LogP contribution in [0.5, 0.6) is 0 Å². The van der Waals surface area contributed by atoms with E-state index in [4.69, 9.17) is 5.73 Å². The maximum Gasteiger partial charge on any atom is 0.321 e. The molecule has 0 fully saturated rings. The maximum absolute atomic E-state index is 9.99. The molecular formula is C4H10AgN2O2. The fourth-order valence-corrected chi connectivity index (χ4v) is 0.212. The molecule has 1 radical (unpaired) electrons. The molecule has 0 aromatic heterocycles. The molecule has 0 spiro atoms. The van der Waals surface area contributed by atoms with Crippen molar-refractivity contribution in [2.24, 2.45) is 5.73 Å². The molecule has 0 aliphatic carbocycles. The number of rotatable bonds is 3. The summed E-state index contributed by atoms with van der Waals surface area (Å²) in [6.45, 7) is 2.29. The first-order valence-electron chi connectivity index (χ1n) is 2.37. The van der Waals surface area contributed by atoms with Gasteiger partial charge in [-0.15, -0.1) is 0 Å². The topological polar surface area (TPSA) is 64.3 Å². The molecule has 3 N–H and O–H groups in total. The molecule has 9 heavy (non-hydrogen) atoms. The van der Waals surface area contributed by atoms with Crippen LogP contribution in [-0.4, -0.2) is 19.1 Å². The van der Waals surface area contributed by atoms with Crippen molar-refractivity contribution in [3.05, 3.63) is 0 Å². The Morgan fingerprint density at radius 2 is 2.33 bits per heavy atom. The van der Waals surface area contributed by atoms with E-state index in [2.05, 4.69) is 10.3 Å². The predicted molar refractivity (Wildman–Crippen MR) is 28.8 cm³/mol. The van der Waals surface area contributed by atoms with Crippen molar-refractivity contribution in [2.75, 3.05) is 13.1 Å². The third-order valence-electron chi connectivity index (χ3n) is 0.462. The van der Waals surface area contributed by atoms with Gasteiger partial charge in [0.05, 0.1) is 0 Å². The van der Waals surface area contributed by atoms with Crippen LogP contribution in [-0.2, 0) is 32.0 Å². The van der Waals surface area contributed by atoms with Gasteiger partial charge in [0, 0.05) is 42.4 Å². The van der Waals surface area contributed by atoms with Crippen molar-refractivity contribution in [1.29, 1.82) is 0 Å². The van der Waals surface area contributed by atoms with E-state index in [1.54, 1.807) is 0 Å². The molecule has 0 saturated heterocycles. The summed E-state index contributed by atoms with van der Waals surface area (Å²) in [5.41, 5.74) is 7.42. The van der Waals surface area contributed by atoms with Crippen LogP contribution in [0, 0.1) is 0 Å². The second kappa shape index (κ2) is 8.13. The number of carbonyl (C=O) groups excluding carboxylic acids is 1. The number of hydrogen-bond acceptors (Lipinski definition) is 4. The van der Waals surface area contributed by atoms with E-state index in [-0.39, 0.29) is 28.3 Å². The number of carbonyl (C=O) groups is 1. The van der Waals surface area contributed by atoms with Crippen LogP contribution in [0.3, 0.4) is 0 Å². The molecule has 5 heteroatoms. The van der Waals surface area contributed by atoms with Crippen LogP contribution < -0.4 is 11.2 Å². The molecule has 0 atom stereocenters. The average molecular weight is 226 g/mol. The number of hydroxylamine groups is 1. The van der Waals surface area contributed by atoms with Crippen molar-refractivity contribution < 1.29 is 32.0 Å². The summed E-state index contributed by atoms with van der Waals surface area (Å²) in [7, 11) is 0. The summed E-state index contributed by atoms with van der Waals surface area (Å²) in [4.78, 5) is 14.3. The van der Waals surface area contributed by atoms with E-state index in [0.717, 1.165) is 0 Å². The standard InChI is InChI=1S/C4H10N2O2.Ag/c1-4(7)8-6-3-2-5;/h6H,2-3,5H2,1H3;. The third kappa shape index (κ3) is 11.6. The Labute approximate surface area is 69.6 Å². The van der Waals surface area contributed by atoms with Gasteiger partial charge in [-0.05, 0) is 0 Å². The number of hydrogen-bond donors (Lipinski definition) is 2. The molecule has 0 rings (SSSR count). The smallest absolute Gasteiger partial charge is 0.321 e. The van der Waals surface area contributed by atoms with E-state index in [9.17, 15) is 4.79 Å². The van der Waals surface area contributed by atoms with Crippen LogP contribution in [0.4, 0.5) is 0 Å². The Balaban J connectivity index is 0. The molecule has 0 aromatic carbocycles. The second-order valence-electron chi connectivity index (χ2n) is 1.28. The van der Waals surface area contributed by atoms with Crippen LogP contribution in [0.1, 0.15) is 6.92 Å². The summed E-state index contributed by atoms with van der Waals surface area (Å²) >= 11 is 0. The fraction of sp³-hybridized carbons (Fsp3) is 0.750. The Morgan fingerprint density at radius 3 is 2.67 bits per heavy atom. The average Bonchev–Trinajstić information content (AvgIpc) is 1.66. The van der Waals surface area contributed by atoms with Crippen LogP contribution in [0.2, 0.25) is 0 Å². The Kier molecular flexibility index (Phi) is 10.7. The zero-order valence-corrected chi connectivity index (χ0v) is 6.59. The first-order valence-corrected chi connectivity index (χ1v) is 2.37. The molecule has 0 bridgehead atoms. The fourth-order valence-electron chi connectivity index (χ4n) is 0.212. The molecule has 0 aliphatic heterocycles. The van der Waals surface area contributed by atoms with Gasteiger partial charge in [0.15, 0.2) is 0 Å². The Hall–Kier alpha value is 0.130. The minimum absolute atomic E-state index is 0. The summed E-state index contributed by atoms with van der Waals surface area (Å²) in [5.74, 6) is -0.349. The van der Waals surface area contributed by atoms with Gasteiger partial charge in [0.25, 0.3) is 0 Å². The van der Waals surface area contributed by atoms with E-state index >= 15 is 0 Å². The normalized spacial score (nSPS) is 7.78. The second-order valence-corrected chi connectivity index (χ2v) is 1.28. The van der Waals surface area contributed by atoms with E-state index < -0.39 is 0 Å². The molecule has 59 valence electrons. The van der Waals surface area contributed by atoms with Crippen LogP contribution in [0.15, 0.2) is 0 Å². The van der Waals surface area contributed by atoms with Gasteiger partial charge in [-0.3, -0.25) is 4.79 Å². The molecule has 0 aromatic rings. The first kappa shape index (κ1) is 11.9.